The normalized spacial score (nSPS) is 15.5. The SMILES string of the molecule is O=C(CCCc1nnc(-c2ccccc2)o1)NCC1(c2cccc(Cl)c2)CCOCC1. The van der Waals surface area contributed by atoms with Gasteiger partial charge in [0.05, 0.1) is 0 Å². The van der Waals surface area contributed by atoms with Crippen LogP contribution in [0, 0.1) is 0 Å². The highest BCUT2D eigenvalue weighted by Gasteiger charge is 2.35. The summed E-state index contributed by atoms with van der Waals surface area (Å²) in [6, 6.07) is 17.6. The van der Waals surface area contributed by atoms with Gasteiger partial charge in [0.25, 0.3) is 0 Å². The second-order valence-corrected chi connectivity index (χ2v) is 8.34. The molecule has 2 heterocycles. The van der Waals surface area contributed by atoms with Crippen LogP contribution in [0.5, 0.6) is 0 Å². The third kappa shape index (κ3) is 5.51. The summed E-state index contributed by atoms with van der Waals surface area (Å²) in [6.07, 6.45) is 3.34. The Labute approximate surface area is 187 Å². The molecule has 1 aliphatic heterocycles. The highest BCUT2D eigenvalue weighted by molar-refractivity contribution is 6.30. The zero-order chi connectivity index (χ0) is 21.5. The van der Waals surface area contributed by atoms with Gasteiger partial charge in [-0.05, 0) is 49.1 Å². The van der Waals surface area contributed by atoms with Crippen molar-refractivity contribution in [1.29, 1.82) is 0 Å². The van der Waals surface area contributed by atoms with Gasteiger partial charge in [-0.1, -0.05) is 41.9 Å². The van der Waals surface area contributed by atoms with Gasteiger partial charge in [0.2, 0.25) is 17.7 Å². The topological polar surface area (TPSA) is 77.2 Å². The molecule has 0 radical (unpaired) electrons. The Morgan fingerprint density at radius 1 is 1.06 bits per heavy atom. The Morgan fingerprint density at radius 3 is 2.65 bits per heavy atom. The molecule has 1 fully saturated rings. The number of nitrogens with zero attached hydrogens (tertiary/aromatic N) is 2. The fourth-order valence-electron chi connectivity index (χ4n) is 3.96. The van der Waals surface area contributed by atoms with Crippen LogP contribution in [0.25, 0.3) is 11.5 Å². The molecule has 3 aromatic rings. The summed E-state index contributed by atoms with van der Waals surface area (Å²) < 4.78 is 11.3. The fourth-order valence-corrected chi connectivity index (χ4v) is 4.15. The van der Waals surface area contributed by atoms with E-state index >= 15 is 0 Å². The van der Waals surface area contributed by atoms with Crippen molar-refractivity contribution in [1.82, 2.24) is 15.5 Å². The van der Waals surface area contributed by atoms with Crippen LogP contribution < -0.4 is 5.32 Å². The number of nitrogens with one attached hydrogen (secondary N) is 1. The maximum Gasteiger partial charge on any atom is 0.247 e. The van der Waals surface area contributed by atoms with Gasteiger partial charge >= 0.3 is 0 Å². The zero-order valence-corrected chi connectivity index (χ0v) is 18.1. The minimum atomic E-state index is -0.143. The van der Waals surface area contributed by atoms with E-state index in [4.69, 9.17) is 20.8 Å². The van der Waals surface area contributed by atoms with Crippen LogP contribution in [-0.2, 0) is 21.4 Å². The maximum atomic E-state index is 12.5. The van der Waals surface area contributed by atoms with Gasteiger partial charge in [0, 0.05) is 48.6 Å². The van der Waals surface area contributed by atoms with Crippen molar-refractivity contribution in [2.45, 2.75) is 37.5 Å². The second kappa shape index (κ2) is 10.1. The monoisotopic (exact) mass is 439 g/mol. The lowest BCUT2D eigenvalue weighted by atomic mass is 9.74. The van der Waals surface area contributed by atoms with Gasteiger partial charge in [0.15, 0.2) is 0 Å². The van der Waals surface area contributed by atoms with E-state index in [1.54, 1.807) is 0 Å². The number of rotatable bonds is 8. The molecule has 1 amide bonds. The average Bonchev–Trinajstić information content (AvgIpc) is 3.28. The van der Waals surface area contributed by atoms with E-state index in [2.05, 4.69) is 21.6 Å². The summed E-state index contributed by atoms with van der Waals surface area (Å²) in [6.45, 7) is 1.95. The van der Waals surface area contributed by atoms with Crippen molar-refractivity contribution in [2.75, 3.05) is 19.8 Å². The summed E-state index contributed by atoms with van der Waals surface area (Å²) in [7, 11) is 0. The van der Waals surface area contributed by atoms with Crippen LogP contribution in [0.3, 0.4) is 0 Å². The van der Waals surface area contributed by atoms with Crippen molar-refractivity contribution in [3.8, 4) is 11.5 Å². The molecule has 1 aliphatic rings. The van der Waals surface area contributed by atoms with Gasteiger partial charge in [-0.2, -0.15) is 0 Å². The fraction of sp³-hybridized carbons (Fsp3) is 0.375. The van der Waals surface area contributed by atoms with Crippen LogP contribution in [0.4, 0.5) is 0 Å². The maximum absolute atomic E-state index is 12.5. The average molecular weight is 440 g/mol. The van der Waals surface area contributed by atoms with Crippen LogP contribution in [0.15, 0.2) is 59.0 Å². The number of carbonyl (C=O) groups is 1. The number of hydrogen-bond acceptors (Lipinski definition) is 5. The molecule has 6 nitrogen and oxygen atoms in total. The third-order valence-corrected chi connectivity index (χ3v) is 6.03. The number of amides is 1. The molecule has 162 valence electrons. The highest BCUT2D eigenvalue weighted by atomic mass is 35.5. The number of ether oxygens (including phenoxy) is 1. The number of benzene rings is 2. The van der Waals surface area contributed by atoms with Gasteiger partial charge in [-0.15, -0.1) is 10.2 Å². The lowest BCUT2D eigenvalue weighted by molar-refractivity contribution is -0.121. The first-order chi connectivity index (χ1) is 15.1. The Balaban J connectivity index is 1.29. The molecule has 31 heavy (non-hydrogen) atoms. The first kappa shape index (κ1) is 21.5. The highest BCUT2D eigenvalue weighted by Crippen LogP contribution is 2.35. The van der Waals surface area contributed by atoms with Gasteiger partial charge in [0.1, 0.15) is 0 Å². The molecule has 7 heteroatoms. The molecule has 2 aromatic carbocycles. The molecule has 0 unspecified atom stereocenters. The quantitative estimate of drug-likeness (QED) is 0.556. The van der Waals surface area contributed by atoms with E-state index in [0.717, 1.165) is 24.0 Å². The number of aryl methyl sites for hydroxylation is 1. The smallest absolute Gasteiger partial charge is 0.247 e. The lowest BCUT2D eigenvalue weighted by Crippen LogP contribution is -2.44. The Morgan fingerprint density at radius 2 is 1.87 bits per heavy atom. The van der Waals surface area contributed by atoms with E-state index in [1.807, 2.05) is 48.5 Å². The standard InChI is InChI=1S/C24H26ClN3O3/c25-20-9-4-8-19(16-20)24(12-14-30-15-13-24)17-26-21(29)10-5-11-22-27-28-23(31-22)18-6-2-1-3-7-18/h1-4,6-9,16H,5,10-15,17H2,(H,26,29). The molecule has 4 rings (SSSR count). The van der Waals surface area contributed by atoms with Crippen LogP contribution >= 0.6 is 11.6 Å². The largest absolute Gasteiger partial charge is 0.421 e. The van der Waals surface area contributed by atoms with Crippen molar-refractivity contribution < 1.29 is 13.9 Å². The van der Waals surface area contributed by atoms with E-state index in [1.165, 1.54) is 0 Å². The first-order valence-corrected chi connectivity index (χ1v) is 11.0. The molecule has 0 aliphatic carbocycles. The molecular weight excluding hydrogens is 414 g/mol. The summed E-state index contributed by atoms with van der Waals surface area (Å²) >= 11 is 6.22. The molecule has 0 bridgehead atoms. The van der Waals surface area contributed by atoms with Crippen molar-refractivity contribution in [2.24, 2.45) is 0 Å². The van der Waals surface area contributed by atoms with Crippen LogP contribution in [0.2, 0.25) is 5.02 Å². The molecule has 0 spiro atoms. The van der Waals surface area contributed by atoms with Crippen LogP contribution in [-0.4, -0.2) is 35.9 Å². The number of carbonyl (C=O) groups excluding carboxylic acids is 1. The molecule has 1 saturated heterocycles. The van der Waals surface area contributed by atoms with Crippen molar-refractivity contribution >= 4 is 17.5 Å². The molecule has 0 atom stereocenters. The third-order valence-electron chi connectivity index (χ3n) is 5.79. The Hall–Kier alpha value is -2.70. The summed E-state index contributed by atoms with van der Waals surface area (Å²) in [5, 5.41) is 12.0. The summed E-state index contributed by atoms with van der Waals surface area (Å²) in [5.74, 6) is 1.07. The van der Waals surface area contributed by atoms with Gasteiger partial charge in [-0.3, -0.25) is 4.79 Å². The summed E-state index contributed by atoms with van der Waals surface area (Å²) in [5.41, 5.74) is 1.90. The molecule has 1 N–H and O–H groups in total. The first-order valence-electron chi connectivity index (χ1n) is 10.6. The van der Waals surface area contributed by atoms with Gasteiger partial charge < -0.3 is 14.5 Å². The molecular formula is C24H26ClN3O3. The molecule has 0 saturated carbocycles. The number of aromatic nitrogens is 2. The minimum absolute atomic E-state index is 0.0238. The lowest BCUT2D eigenvalue weighted by Gasteiger charge is -2.38. The Kier molecular flexibility index (Phi) is 6.99. The van der Waals surface area contributed by atoms with Crippen LogP contribution in [0.1, 0.15) is 37.1 Å². The van der Waals surface area contributed by atoms with E-state index in [9.17, 15) is 4.79 Å². The van der Waals surface area contributed by atoms with Gasteiger partial charge in [-0.25, -0.2) is 0 Å². The number of halogens is 1. The van der Waals surface area contributed by atoms with Crippen molar-refractivity contribution in [3.63, 3.8) is 0 Å². The second-order valence-electron chi connectivity index (χ2n) is 7.90. The number of hydrogen-bond donors (Lipinski definition) is 1. The summed E-state index contributed by atoms with van der Waals surface area (Å²) in [4.78, 5) is 12.5. The van der Waals surface area contributed by atoms with E-state index in [-0.39, 0.29) is 11.3 Å². The van der Waals surface area contributed by atoms with Crippen molar-refractivity contribution in [3.05, 3.63) is 71.1 Å². The Bertz CT molecular complexity index is 1000. The zero-order valence-electron chi connectivity index (χ0n) is 17.4. The predicted molar refractivity (Wildman–Crippen MR) is 119 cm³/mol. The van der Waals surface area contributed by atoms with E-state index < -0.39 is 0 Å². The predicted octanol–water partition coefficient (Wildman–Crippen LogP) is 4.58. The van der Waals surface area contributed by atoms with E-state index in [0.29, 0.717) is 55.8 Å². The minimum Gasteiger partial charge on any atom is -0.421 e. The molecule has 1 aromatic heterocycles.